The van der Waals surface area contributed by atoms with E-state index >= 15 is 0 Å². The van der Waals surface area contributed by atoms with Crippen LogP contribution >= 0.6 is 0 Å². The molecule has 0 unspecified atom stereocenters. The molecule has 1 aliphatic rings. The predicted octanol–water partition coefficient (Wildman–Crippen LogP) is 3.13. The summed E-state index contributed by atoms with van der Waals surface area (Å²) in [5.41, 5.74) is 1.23. The van der Waals surface area contributed by atoms with Gasteiger partial charge in [0.05, 0.1) is 30.9 Å². The molecule has 5 nitrogen and oxygen atoms in total. The molecule has 124 valence electrons. The maximum atomic E-state index is 12.1. The van der Waals surface area contributed by atoms with Gasteiger partial charge in [-0.3, -0.25) is 0 Å². The van der Waals surface area contributed by atoms with Crippen molar-refractivity contribution < 1.29 is 14.3 Å². The van der Waals surface area contributed by atoms with Crippen LogP contribution in [0.1, 0.15) is 38.3 Å². The summed E-state index contributed by atoms with van der Waals surface area (Å²) in [6.07, 6.45) is 1.22. The van der Waals surface area contributed by atoms with E-state index in [1.165, 1.54) is 0 Å². The van der Waals surface area contributed by atoms with Crippen molar-refractivity contribution in [2.24, 2.45) is 0 Å². The maximum Gasteiger partial charge on any atom is 0.410 e. The van der Waals surface area contributed by atoms with E-state index in [4.69, 9.17) is 14.7 Å². The van der Waals surface area contributed by atoms with E-state index in [2.05, 4.69) is 6.07 Å². The molecule has 5 heteroatoms. The number of amides is 1. The molecule has 0 aliphatic carbocycles. The summed E-state index contributed by atoms with van der Waals surface area (Å²) < 4.78 is 11.2. The Labute approximate surface area is 137 Å². The Morgan fingerprint density at radius 2 is 2.17 bits per heavy atom. The molecule has 1 heterocycles. The standard InChI is InChI=1S/C18H24N2O3/c1-18(2,3)23-17(21)20-10-11-22-16(13-20)9-8-14-6-4-5-7-15(14)12-19/h4-7,16H,8-11,13H2,1-3H3/t16-/m1/s1. The van der Waals surface area contributed by atoms with Gasteiger partial charge >= 0.3 is 6.09 Å². The highest BCUT2D eigenvalue weighted by Gasteiger charge is 2.28. The third-order valence-corrected chi connectivity index (χ3v) is 3.66. The summed E-state index contributed by atoms with van der Waals surface area (Å²) in [7, 11) is 0. The maximum absolute atomic E-state index is 12.1. The molecule has 23 heavy (non-hydrogen) atoms. The molecule has 0 saturated carbocycles. The number of carbonyl (C=O) groups is 1. The summed E-state index contributed by atoms with van der Waals surface area (Å²) in [4.78, 5) is 13.8. The molecule has 1 aromatic rings. The first-order chi connectivity index (χ1) is 10.9. The minimum atomic E-state index is -0.489. The van der Waals surface area contributed by atoms with Crippen LogP contribution in [-0.2, 0) is 15.9 Å². The van der Waals surface area contributed by atoms with Gasteiger partial charge in [-0.1, -0.05) is 18.2 Å². The van der Waals surface area contributed by atoms with Crippen LogP contribution in [0.2, 0.25) is 0 Å². The normalized spacial score (nSPS) is 18.3. The second-order valence-corrected chi connectivity index (χ2v) is 6.73. The molecule has 0 bridgehead atoms. The lowest BCUT2D eigenvalue weighted by Gasteiger charge is -2.34. The highest BCUT2D eigenvalue weighted by atomic mass is 16.6. The molecule has 0 spiro atoms. The lowest BCUT2D eigenvalue weighted by molar-refractivity contribution is -0.0443. The number of rotatable bonds is 3. The van der Waals surface area contributed by atoms with E-state index in [1.54, 1.807) is 4.90 Å². The van der Waals surface area contributed by atoms with Crippen molar-refractivity contribution >= 4 is 6.09 Å². The summed E-state index contributed by atoms with van der Waals surface area (Å²) in [5.74, 6) is 0. The fraction of sp³-hybridized carbons (Fsp3) is 0.556. The largest absolute Gasteiger partial charge is 0.444 e. The number of aryl methyl sites for hydroxylation is 1. The molecule has 1 amide bonds. The molecule has 1 atom stereocenters. The highest BCUT2D eigenvalue weighted by Crippen LogP contribution is 2.17. The van der Waals surface area contributed by atoms with Gasteiger partial charge in [-0.15, -0.1) is 0 Å². The molecule has 2 rings (SSSR count). The van der Waals surface area contributed by atoms with Crippen molar-refractivity contribution in [3.8, 4) is 6.07 Å². The topological polar surface area (TPSA) is 62.6 Å². The lowest BCUT2D eigenvalue weighted by atomic mass is 10.0. The van der Waals surface area contributed by atoms with Gasteiger partial charge in [0.1, 0.15) is 5.60 Å². The van der Waals surface area contributed by atoms with Gasteiger partial charge in [0.2, 0.25) is 0 Å². The Morgan fingerprint density at radius 1 is 1.43 bits per heavy atom. The number of morpholine rings is 1. The third-order valence-electron chi connectivity index (χ3n) is 3.66. The summed E-state index contributed by atoms with van der Waals surface area (Å²) in [5, 5.41) is 9.13. The first kappa shape index (κ1) is 17.3. The average molecular weight is 316 g/mol. The van der Waals surface area contributed by atoms with Crippen molar-refractivity contribution in [2.75, 3.05) is 19.7 Å². The Kier molecular flexibility index (Phi) is 5.62. The molecule has 1 aromatic carbocycles. The smallest absolute Gasteiger partial charge is 0.410 e. The molecule has 0 N–H and O–H groups in total. The minimum Gasteiger partial charge on any atom is -0.444 e. The highest BCUT2D eigenvalue weighted by molar-refractivity contribution is 5.68. The van der Waals surface area contributed by atoms with Gasteiger partial charge in [-0.25, -0.2) is 4.79 Å². The number of carbonyl (C=O) groups excluding carboxylic acids is 1. The van der Waals surface area contributed by atoms with E-state index in [0.29, 0.717) is 25.3 Å². The molecule has 1 fully saturated rings. The Balaban J connectivity index is 1.89. The summed E-state index contributed by atoms with van der Waals surface area (Å²) in [6.45, 7) is 7.19. The number of hydrogen-bond donors (Lipinski definition) is 0. The SMILES string of the molecule is CC(C)(C)OC(=O)N1CCO[C@H](CCc2ccccc2C#N)C1. The zero-order valence-corrected chi connectivity index (χ0v) is 14.0. The number of benzene rings is 1. The molecule has 0 radical (unpaired) electrons. The zero-order chi connectivity index (χ0) is 16.9. The number of hydrogen-bond acceptors (Lipinski definition) is 4. The van der Waals surface area contributed by atoms with Gasteiger partial charge in [-0.05, 0) is 45.2 Å². The lowest BCUT2D eigenvalue weighted by Crippen LogP contribution is -2.47. The first-order valence-corrected chi connectivity index (χ1v) is 7.96. The zero-order valence-electron chi connectivity index (χ0n) is 14.0. The molecule has 1 saturated heterocycles. The molecule has 1 aliphatic heterocycles. The minimum absolute atomic E-state index is 0.0250. The van der Waals surface area contributed by atoms with Crippen molar-refractivity contribution in [1.82, 2.24) is 4.90 Å². The van der Waals surface area contributed by atoms with E-state index in [1.807, 2.05) is 45.0 Å². The van der Waals surface area contributed by atoms with Gasteiger partial charge in [0, 0.05) is 6.54 Å². The third kappa shape index (κ3) is 5.26. The van der Waals surface area contributed by atoms with Crippen LogP contribution in [0.4, 0.5) is 4.79 Å². The second-order valence-electron chi connectivity index (χ2n) is 6.73. The van der Waals surface area contributed by atoms with Crippen LogP contribution in [0.15, 0.2) is 24.3 Å². The van der Waals surface area contributed by atoms with Crippen LogP contribution in [0.3, 0.4) is 0 Å². The number of nitriles is 1. The molecule has 0 aromatic heterocycles. The summed E-state index contributed by atoms with van der Waals surface area (Å²) >= 11 is 0. The number of nitrogens with zero attached hydrogens (tertiary/aromatic N) is 2. The van der Waals surface area contributed by atoms with E-state index in [9.17, 15) is 4.79 Å². The van der Waals surface area contributed by atoms with Crippen LogP contribution in [-0.4, -0.2) is 42.4 Å². The average Bonchev–Trinajstić information content (AvgIpc) is 2.52. The molecular formula is C18H24N2O3. The second kappa shape index (κ2) is 7.47. The molecular weight excluding hydrogens is 292 g/mol. The van der Waals surface area contributed by atoms with Crippen molar-refractivity contribution in [3.05, 3.63) is 35.4 Å². The fourth-order valence-electron chi connectivity index (χ4n) is 2.55. The van der Waals surface area contributed by atoms with Gasteiger partial charge in [-0.2, -0.15) is 5.26 Å². The van der Waals surface area contributed by atoms with Crippen LogP contribution in [0, 0.1) is 11.3 Å². The number of ether oxygens (including phenoxy) is 2. The Morgan fingerprint density at radius 3 is 2.87 bits per heavy atom. The van der Waals surface area contributed by atoms with E-state index in [0.717, 1.165) is 18.4 Å². The van der Waals surface area contributed by atoms with Gasteiger partial charge in [0.15, 0.2) is 0 Å². The summed E-state index contributed by atoms with van der Waals surface area (Å²) in [6, 6.07) is 9.80. The van der Waals surface area contributed by atoms with Gasteiger partial charge < -0.3 is 14.4 Å². The van der Waals surface area contributed by atoms with Crippen molar-refractivity contribution in [1.29, 1.82) is 5.26 Å². The van der Waals surface area contributed by atoms with E-state index < -0.39 is 5.60 Å². The quantitative estimate of drug-likeness (QED) is 0.859. The predicted molar refractivity (Wildman–Crippen MR) is 87.0 cm³/mol. The monoisotopic (exact) mass is 316 g/mol. The van der Waals surface area contributed by atoms with Crippen LogP contribution < -0.4 is 0 Å². The van der Waals surface area contributed by atoms with Crippen molar-refractivity contribution in [3.63, 3.8) is 0 Å². The van der Waals surface area contributed by atoms with Crippen LogP contribution in [0.25, 0.3) is 0 Å². The Bertz CT molecular complexity index is 587. The van der Waals surface area contributed by atoms with Gasteiger partial charge in [0.25, 0.3) is 0 Å². The Hall–Kier alpha value is -2.06. The van der Waals surface area contributed by atoms with Crippen molar-refractivity contribution in [2.45, 2.75) is 45.3 Å². The van der Waals surface area contributed by atoms with Crippen LogP contribution in [0.5, 0.6) is 0 Å². The van der Waals surface area contributed by atoms with E-state index in [-0.39, 0.29) is 12.2 Å². The first-order valence-electron chi connectivity index (χ1n) is 7.96. The fourth-order valence-corrected chi connectivity index (χ4v) is 2.55.